The average molecular weight is 444 g/mol. The van der Waals surface area contributed by atoms with Crippen molar-refractivity contribution in [1.29, 1.82) is 0 Å². The zero-order valence-electron chi connectivity index (χ0n) is 17.6. The zero-order chi connectivity index (χ0) is 22.4. The Hall–Kier alpha value is -3.26. The van der Waals surface area contributed by atoms with Gasteiger partial charge in [-0.2, -0.15) is 8.42 Å². The first-order valence-corrected chi connectivity index (χ1v) is 11.2. The molecule has 0 N–H and O–H groups in total. The van der Waals surface area contributed by atoms with Gasteiger partial charge in [0.25, 0.3) is 0 Å². The highest BCUT2D eigenvalue weighted by molar-refractivity contribution is 7.87. The number of ether oxygens (including phenoxy) is 1. The van der Waals surface area contributed by atoms with Gasteiger partial charge in [-0.25, -0.2) is 0 Å². The molecule has 0 unspecified atom stereocenters. The highest BCUT2D eigenvalue weighted by atomic mass is 32.2. The fourth-order valence-electron chi connectivity index (χ4n) is 3.00. The molecule has 0 saturated carbocycles. The van der Waals surface area contributed by atoms with Crippen LogP contribution in [-0.2, 0) is 28.0 Å². The maximum atomic E-state index is 12.7. The van der Waals surface area contributed by atoms with Crippen LogP contribution in [0.1, 0.15) is 25.2 Å². The van der Waals surface area contributed by atoms with Gasteiger partial charge in [0.05, 0.1) is 19.9 Å². The summed E-state index contributed by atoms with van der Waals surface area (Å²) < 4.78 is 40.9. The minimum Gasteiger partial charge on any atom is -0.497 e. The molecule has 0 bridgehead atoms. The molecule has 2 aromatic carbocycles. The van der Waals surface area contributed by atoms with Crippen molar-refractivity contribution >= 4 is 16.0 Å². The smallest absolute Gasteiger partial charge is 0.339 e. The molecule has 0 atom stereocenters. The lowest BCUT2D eigenvalue weighted by atomic mass is 10.1. The summed E-state index contributed by atoms with van der Waals surface area (Å²) in [6.45, 7) is 4.27. The lowest BCUT2D eigenvalue weighted by molar-refractivity contribution is -0.136. The van der Waals surface area contributed by atoms with Gasteiger partial charge in [-0.3, -0.25) is 4.79 Å². The molecule has 1 amide bonds. The van der Waals surface area contributed by atoms with E-state index in [1.807, 2.05) is 26.0 Å². The average Bonchev–Trinajstić information content (AvgIpc) is 3.26. The molecule has 1 aromatic heterocycles. The number of benzene rings is 2. The number of carbonyl (C=O) groups excluding carboxylic acids is 1. The van der Waals surface area contributed by atoms with Crippen molar-refractivity contribution in [3.05, 3.63) is 78.3 Å². The van der Waals surface area contributed by atoms with Crippen molar-refractivity contribution in [2.45, 2.75) is 31.8 Å². The Morgan fingerprint density at radius 2 is 1.74 bits per heavy atom. The van der Waals surface area contributed by atoms with Crippen LogP contribution in [0.3, 0.4) is 0 Å². The third-order valence-electron chi connectivity index (χ3n) is 4.56. The summed E-state index contributed by atoms with van der Waals surface area (Å²) in [5, 5.41) is 0. The van der Waals surface area contributed by atoms with Gasteiger partial charge in [0, 0.05) is 12.5 Å². The molecule has 0 aliphatic rings. The van der Waals surface area contributed by atoms with Gasteiger partial charge in [0.1, 0.15) is 22.2 Å². The number of rotatable bonds is 9. The third-order valence-corrected chi connectivity index (χ3v) is 5.82. The van der Waals surface area contributed by atoms with Gasteiger partial charge < -0.3 is 18.2 Å². The monoisotopic (exact) mass is 443 g/mol. The molecular weight excluding hydrogens is 418 g/mol. The lowest BCUT2D eigenvalue weighted by Gasteiger charge is -2.24. The predicted molar refractivity (Wildman–Crippen MR) is 115 cm³/mol. The zero-order valence-corrected chi connectivity index (χ0v) is 18.5. The van der Waals surface area contributed by atoms with Gasteiger partial charge in [-0.05, 0) is 54.1 Å². The Balaban J connectivity index is 1.78. The second-order valence-electron chi connectivity index (χ2n) is 7.29. The first-order valence-electron chi connectivity index (χ1n) is 9.77. The Kier molecular flexibility index (Phi) is 7.02. The minimum absolute atomic E-state index is 0.0214. The fraction of sp³-hybridized carbons (Fsp3) is 0.261. The molecule has 7 nitrogen and oxygen atoms in total. The molecule has 31 heavy (non-hydrogen) atoms. The second-order valence-corrected chi connectivity index (χ2v) is 8.84. The van der Waals surface area contributed by atoms with E-state index in [1.165, 1.54) is 19.2 Å². The van der Waals surface area contributed by atoms with Crippen molar-refractivity contribution in [2.75, 3.05) is 7.11 Å². The van der Waals surface area contributed by atoms with Crippen molar-refractivity contribution in [2.24, 2.45) is 5.92 Å². The van der Waals surface area contributed by atoms with E-state index in [2.05, 4.69) is 0 Å². The summed E-state index contributed by atoms with van der Waals surface area (Å²) in [4.78, 5) is 14.4. The van der Waals surface area contributed by atoms with Gasteiger partial charge in [0.2, 0.25) is 5.91 Å². The standard InChI is InChI=1S/C23H25NO6S/c1-17(2)23(25)24(16-21-8-5-13-29-21)15-18-6-4-7-20(14-18)30-31(26,27)22-11-9-19(28-3)10-12-22/h4-14,17H,15-16H2,1-3H3. The first kappa shape index (κ1) is 22.4. The van der Waals surface area contributed by atoms with Crippen LogP contribution in [0, 0.1) is 5.92 Å². The molecule has 1 heterocycles. The number of amides is 1. The van der Waals surface area contributed by atoms with Crippen LogP contribution in [0.5, 0.6) is 11.5 Å². The normalized spacial score (nSPS) is 11.4. The van der Waals surface area contributed by atoms with Crippen molar-refractivity contribution in [3.63, 3.8) is 0 Å². The molecular formula is C23H25NO6S. The van der Waals surface area contributed by atoms with E-state index in [0.29, 0.717) is 18.1 Å². The summed E-state index contributed by atoms with van der Waals surface area (Å²) in [6, 6.07) is 16.2. The number of methoxy groups -OCH3 is 1. The number of nitrogens with zero attached hydrogens (tertiary/aromatic N) is 1. The molecule has 0 aliphatic heterocycles. The van der Waals surface area contributed by atoms with Crippen LogP contribution >= 0.6 is 0 Å². The topological polar surface area (TPSA) is 86.1 Å². The van der Waals surface area contributed by atoms with Crippen LogP contribution in [0.2, 0.25) is 0 Å². The third kappa shape index (κ3) is 5.88. The molecule has 0 aliphatic carbocycles. The molecule has 0 radical (unpaired) electrons. The van der Waals surface area contributed by atoms with Crippen molar-refractivity contribution in [3.8, 4) is 11.5 Å². The van der Waals surface area contributed by atoms with Crippen LogP contribution < -0.4 is 8.92 Å². The van der Waals surface area contributed by atoms with E-state index in [1.54, 1.807) is 47.6 Å². The van der Waals surface area contributed by atoms with E-state index < -0.39 is 10.1 Å². The lowest BCUT2D eigenvalue weighted by Crippen LogP contribution is -2.33. The van der Waals surface area contributed by atoms with Crippen molar-refractivity contribution < 1.29 is 26.5 Å². The number of carbonyl (C=O) groups is 1. The van der Waals surface area contributed by atoms with Gasteiger partial charge >= 0.3 is 10.1 Å². The Bertz CT molecular complexity index is 1110. The van der Waals surface area contributed by atoms with Gasteiger partial charge in [0.15, 0.2) is 0 Å². The number of hydrogen-bond donors (Lipinski definition) is 0. The Morgan fingerprint density at radius 1 is 1.00 bits per heavy atom. The summed E-state index contributed by atoms with van der Waals surface area (Å²) in [5.41, 5.74) is 0.739. The summed E-state index contributed by atoms with van der Waals surface area (Å²) >= 11 is 0. The maximum Gasteiger partial charge on any atom is 0.339 e. The highest BCUT2D eigenvalue weighted by Gasteiger charge is 2.20. The molecule has 164 valence electrons. The van der Waals surface area contributed by atoms with Crippen LogP contribution in [0.4, 0.5) is 0 Å². The molecule has 0 spiro atoms. The molecule has 3 aromatic rings. The fourth-order valence-corrected chi connectivity index (χ4v) is 3.92. The van der Waals surface area contributed by atoms with E-state index in [-0.39, 0.29) is 29.0 Å². The summed E-state index contributed by atoms with van der Waals surface area (Å²) in [6.07, 6.45) is 1.56. The molecule has 0 fully saturated rings. The van der Waals surface area contributed by atoms with Crippen LogP contribution in [0.25, 0.3) is 0 Å². The Labute approximate surface area is 182 Å². The quantitative estimate of drug-likeness (QED) is 0.460. The van der Waals surface area contributed by atoms with Crippen LogP contribution in [0.15, 0.2) is 76.2 Å². The predicted octanol–water partition coefficient (Wildman–Crippen LogP) is 4.24. The van der Waals surface area contributed by atoms with E-state index in [9.17, 15) is 13.2 Å². The largest absolute Gasteiger partial charge is 0.497 e. The number of furan rings is 1. The van der Waals surface area contributed by atoms with E-state index in [4.69, 9.17) is 13.3 Å². The summed E-state index contributed by atoms with van der Waals surface area (Å²) in [5.74, 6) is 1.16. The van der Waals surface area contributed by atoms with Crippen LogP contribution in [-0.4, -0.2) is 26.3 Å². The molecule has 3 rings (SSSR count). The Morgan fingerprint density at radius 3 is 2.35 bits per heavy atom. The highest BCUT2D eigenvalue weighted by Crippen LogP contribution is 2.23. The first-order chi connectivity index (χ1) is 14.8. The number of hydrogen-bond acceptors (Lipinski definition) is 6. The molecule has 0 saturated heterocycles. The van der Waals surface area contributed by atoms with Gasteiger partial charge in [-0.15, -0.1) is 0 Å². The second kappa shape index (κ2) is 9.70. The minimum atomic E-state index is -4.01. The van der Waals surface area contributed by atoms with E-state index in [0.717, 1.165) is 5.56 Å². The van der Waals surface area contributed by atoms with Crippen molar-refractivity contribution in [1.82, 2.24) is 4.90 Å². The maximum absolute atomic E-state index is 12.7. The SMILES string of the molecule is COc1ccc(S(=O)(=O)Oc2cccc(CN(Cc3ccco3)C(=O)C(C)C)c2)cc1. The summed E-state index contributed by atoms with van der Waals surface area (Å²) in [7, 11) is -2.50. The molecule has 8 heteroatoms. The van der Waals surface area contributed by atoms with E-state index >= 15 is 0 Å². The van der Waals surface area contributed by atoms with Gasteiger partial charge in [-0.1, -0.05) is 26.0 Å².